The second-order valence-electron chi connectivity index (χ2n) is 5.49. The lowest BCUT2D eigenvalue weighted by Crippen LogP contribution is -2.49. The summed E-state index contributed by atoms with van der Waals surface area (Å²) in [5.41, 5.74) is 0. The van der Waals surface area contributed by atoms with Crippen LogP contribution in [0, 0.1) is 0 Å². The number of hydrogen-bond acceptors (Lipinski definition) is 5. The first kappa shape index (κ1) is 16.8. The quantitative estimate of drug-likeness (QED) is 0.828. The number of rotatable bonds is 4. The molecule has 0 N–H and O–H groups in total. The lowest BCUT2D eigenvalue weighted by molar-refractivity contribution is -0.140. The van der Waals surface area contributed by atoms with Crippen molar-refractivity contribution in [3.05, 3.63) is 24.3 Å². The summed E-state index contributed by atoms with van der Waals surface area (Å²) < 4.78 is 35.2. The van der Waals surface area contributed by atoms with Crippen molar-refractivity contribution in [3.63, 3.8) is 0 Å². The first-order valence-corrected chi connectivity index (χ1v) is 8.77. The topological polar surface area (TPSA) is 72.9 Å². The fourth-order valence-corrected chi connectivity index (χ4v) is 3.73. The Labute approximate surface area is 130 Å². The largest absolute Gasteiger partial charge is 0.497 e. The molecular weight excluding hydrogens is 306 g/mol. The van der Waals surface area contributed by atoms with Crippen LogP contribution in [-0.4, -0.2) is 57.4 Å². The molecule has 1 aliphatic heterocycles. The van der Waals surface area contributed by atoms with Crippen molar-refractivity contribution in [1.29, 1.82) is 0 Å². The fraction of sp³-hybridized carbons (Fsp3) is 0.533. The summed E-state index contributed by atoms with van der Waals surface area (Å²) >= 11 is 0. The molecule has 0 radical (unpaired) electrons. The van der Waals surface area contributed by atoms with Gasteiger partial charge in [-0.3, -0.25) is 4.79 Å². The molecule has 0 aromatic heterocycles. The third-order valence-corrected chi connectivity index (χ3v) is 5.12. The Morgan fingerprint density at radius 2 is 1.77 bits per heavy atom. The Morgan fingerprint density at radius 3 is 2.27 bits per heavy atom. The highest BCUT2D eigenvalue weighted by molar-refractivity contribution is 7.92. The molecule has 1 heterocycles. The average Bonchev–Trinajstić information content (AvgIpc) is 2.46. The number of morpholine rings is 1. The third-order valence-electron chi connectivity index (χ3n) is 3.50. The molecule has 0 spiro atoms. The van der Waals surface area contributed by atoms with Crippen LogP contribution < -0.4 is 4.74 Å². The molecule has 0 bridgehead atoms. The van der Waals surface area contributed by atoms with Gasteiger partial charge in [0.2, 0.25) is 5.91 Å². The Hall–Kier alpha value is -1.60. The van der Waals surface area contributed by atoms with Gasteiger partial charge in [-0.1, -0.05) is 0 Å². The van der Waals surface area contributed by atoms with E-state index in [1.54, 1.807) is 17.0 Å². The van der Waals surface area contributed by atoms with Crippen molar-refractivity contribution in [2.75, 3.05) is 26.0 Å². The molecule has 6 nitrogen and oxygen atoms in total. The van der Waals surface area contributed by atoms with E-state index in [0.717, 1.165) is 0 Å². The van der Waals surface area contributed by atoms with Gasteiger partial charge < -0.3 is 14.4 Å². The average molecular weight is 327 g/mol. The predicted octanol–water partition coefficient (Wildman–Crippen LogP) is 1.10. The summed E-state index contributed by atoms with van der Waals surface area (Å²) in [5, 5.41) is 0. The van der Waals surface area contributed by atoms with Crippen molar-refractivity contribution in [3.8, 4) is 5.75 Å². The number of carbonyl (C=O) groups is 1. The molecule has 7 heteroatoms. The van der Waals surface area contributed by atoms with E-state index in [4.69, 9.17) is 9.47 Å². The van der Waals surface area contributed by atoms with Gasteiger partial charge in [0.05, 0.1) is 24.2 Å². The Balaban J connectivity index is 2.08. The number of sulfone groups is 1. The molecule has 1 aromatic carbocycles. The fourth-order valence-electron chi connectivity index (χ4n) is 2.50. The second-order valence-corrected chi connectivity index (χ2v) is 7.48. The van der Waals surface area contributed by atoms with Crippen molar-refractivity contribution in [2.24, 2.45) is 0 Å². The van der Waals surface area contributed by atoms with Crippen LogP contribution in [0.2, 0.25) is 0 Å². The van der Waals surface area contributed by atoms with Gasteiger partial charge in [-0.15, -0.1) is 0 Å². The van der Waals surface area contributed by atoms with Gasteiger partial charge in [-0.05, 0) is 38.1 Å². The van der Waals surface area contributed by atoms with Crippen LogP contribution >= 0.6 is 0 Å². The van der Waals surface area contributed by atoms with E-state index >= 15 is 0 Å². The first-order chi connectivity index (χ1) is 10.3. The lowest BCUT2D eigenvalue weighted by Gasteiger charge is -2.35. The van der Waals surface area contributed by atoms with Crippen LogP contribution in [-0.2, 0) is 19.4 Å². The minimum atomic E-state index is -3.66. The highest BCUT2D eigenvalue weighted by Crippen LogP contribution is 2.18. The van der Waals surface area contributed by atoms with Gasteiger partial charge in [0.1, 0.15) is 11.5 Å². The zero-order valence-electron chi connectivity index (χ0n) is 13.0. The summed E-state index contributed by atoms with van der Waals surface area (Å²) in [6.07, 6.45) is -0.173. The third kappa shape index (κ3) is 3.98. The van der Waals surface area contributed by atoms with Crippen molar-refractivity contribution in [2.45, 2.75) is 31.0 Å². The van der Waals surface area contributed by atoms with Crippen LogP contribution in [0.3, 0.4) is 0 Å². The molecule has 1 amide bonds. The molecule has 22 heavy (non-hydrogen) atoms. The molecule has 1 saturated heterocycles. The normalized spacial score (nSPS) is 22.4. The minimum absolute atomic E-state index is 0.0867. The molecule has 1 fully saturated rings. The van der Waals surface area contributed by atoms with E-state index in [9.17, 15) is 13.2 Å². The molecule has 1 aliphatic rings. The molecule has 0 saturated carbocycles. The molecule has 0 unspecified atom stereocenters. The van der Waals surface area contributed by atoms with Gasteiger partial charge in [0.15, 0.2) is 9.84 Å². The molecule has 122 valence electrons. The highest BCUT2D eigenvalue weighted by Gasteiger charge is 2.29. The molecule has 1 aromatic rings. The summed E-state index contributed by atoms with van der Waals surface area (Å²) in [7, 11) is -2.15. The number of carbonyl (C=O) groups excluding carboxylic acids is 1. The predicted molar refractivity (Wildman–Crippen MR) is 81.6 cm³/mol. The van der Waals surface area contributed by atoms with E-state index in [1.165, 1.54) is 19.2 Å². The summed E-state index contributed by atoms with van der Waals surface area (Å²) in [4.78, 5) is 13.9. The number of amides is 1. The van der Waals surface area contributed by atoms with Gasteiger partial charge in [0, 0.05) is 13.1 Å². The van der Waals surface area contributed by atoms with Crippen molar-refractivity contribution in [1.82, 2.24) is 4.90 Å². The van der Waals surface area contributed by atoms with E-state index in [1.807, 2.05) is 13.8 Å². The van der Waals surface area contributed by atoms with E-state index in [2.05, 4.69) is 0 Å². The summed E-state index contributed by atoms with van der Waals surface area (Å²) in [5.74, 6) is -0.349. The van der Waals surface area contributed by atoms with Gasteiger partial charge in [-0.25, -0.2) is 8.42 Å². The van der Waals surface area contributed by atoms with Crippen molar-refractivity contribution < 1.29 is 22.7 Å². The van der Waals surface area contributed by atoms with Crippen molar-refractivity contribution >= 4 is 15.7 Å². The maximum absolute atomic E-state index is 12.3. The maximum atomic E-state index is 12.3. The summed E-state index contributed by atoms with van der Waals surface area (Å²) in [6.45, 7) is 4.57. The Morgan fingerprint density at radius 1 is 1.23 bits per heavy atom. The summed E-state index contributed by atoms with van der Waals surface area (Å²) in [6, 6.07) is 6.03. The minimum Gasteiger partial charge on any atom is -0.497 e. The lowest BCUT2D eigenvalue weighted by atomic mass is 10.2. The zero-order valence-corrected chi connectivity index (χ0v) is 13.8. The van der Waals surface area contributed by atoms with Crippen LogP contribution in [0.1, 0.15) is 13.8 Å². The zero-order chi connectivity index (χ0) is 16.3. The highest BCUT2D eigenvalue weighted by atomic mass is 32.2. The smallest absolute Gasteiger partial charge is 0.238 e. The van der Waals surface area contributed by atoms with Gasteiger partial charge in [0.25, 0.3) is 0 Å². The molecule has 2 rings (SSSR count). The van der Waals surface area contributed by atoms with E-state index in [0.29, 0.717) is 18.8 Å². The standard InChI is InChI=1S/C15H21NO5S/c1-11-8-16(9-12(2)21-11)15(17)10-22(18,19)14-6-4-13(20-3)5-7-14/h4-7,11-12H,8-10H2,1-3H3/t11-,12-/m1/s1. The first-order valence-electron chi connectivity index (χ1n) is 7.12. The van der Waals surface area contributed by atoms with Crippen LogP contribution in [0.25, 0.3) is 0 Å². The monoisotopic (exact) mass is 327 g/mol. The number of benzene rings is 1. The van der Waals surface area contributed by atoms with E-state index < -0.39 is 21.5 Å². The van der Waals surface area contributed by atoms with Crippen LogP contribution in [0.5, 0.6) is 5.75 Å². The maximum Gasteiger partial charge on any atom is 0.238 e. The van der Waals surface area contributed by atoms with Crippen LogP contribution in [0.4, 0.5) is 0 Å². The molecular formula is C15H21NO5S. The Bertz CT molecular complexity index is 616. The molecule has 2 atom stereocenters. The Kier molecular flexibility index (Phi) is 5.08. The SMILES string of the molecule is COc1ccc(S(=O)(=O)CC(=O)N2C[C@@H](C)O[C@H](C)C2)cc1. The van der Waals surface area contributed by atoms with E-state index in [-0.39, 0.29) is 17.1 Å². The number of ether oxygens (including phenoxy) is 2. The number of hydrogen-bond donors (Lipinski definition) is 0. The van der Waals surface area contributed by atoms with Crippen LogP contribution in [0.15, 0.2) is 29.2 Å². The molecule has 0 aliphatic carbocycles. The van der Waals surface area contributed by atoms with Gasteiger partial charge >= 0.3 is 0 Å². The van der Waals surface area contributed by atoms with Gasteiger partial charge in [-0.2, -0.15) is 0 Å². The second kappa shape index (κ2) is 6.66. The number of nitrogens with zero attached hydrogens (tertiary/aromatic N) is 1. The number of methoxy groups -OCH3 is 1.